The van der Waals surface area contributed by atoms with Crippen molar-refractivity contribution in [1.29, 1.82) is 0 Å². The van der Waals surface area contributed by atoms with Gasteiger partial charge in [-0.1, -0.05) is 24.3 Å². The van der Waals surface area contributed by atoms with Crippen LogP contribution in [0, 0.1) is 11.8 Å². The largest absolute Gasteiger partial charge is 0.299 e. The second kappa shape index (κ2) is 4.83. The first kappa shape index (κ1) is 12.8. The van der Waals surface area contributed by atoms with E-state index in [0.717, 1.165) is 18.5 Å². The van der Waals surface area contributed by atoms with Crippen LogP contribution < -0.4 is 0 Å². The van der Waals surface area contributed by atoms with Gasteiger partial charge in [0.1, 0.15) is 5.78 Å². The van der Waals surface area contributed by atoms with Crippen LogP contribution in [0.15, 0.2) is 36.7 Å². The van der Waals surface area contributed by atoms with E-state index in [-0.39, 0.29) is 5.92 Å². The van der Waals surface area contributed by atoms with Crippen LogP contribution in [0.4, 0.5) is 0 Å². The molecule has 3 heteroatoms. The first-order valence-electron chi connectivity index (χ1n) is 7.89. The monoisotopic (exact) mass is 280 g/mol. The van der Waals surface area contributed by atoms with Crippen LogP contribution in [0.1, 0.15) is 36.0 Å². The summed E-state index contributed by atoms with van der Waals surface area (Å²) < 4.78 is 1.89. The standard InChI is InChI=1S/C18H20N2O/c1-2-20-11-12(10-19-20)9-16(21)18-15-8-7-13-5-3-4-6-14(13)17(15)18/h3-6,10-11,15,17-18H,2,7-9H2,1H3. The van der Waals surface area contributed by atoms with Gasteiger partial charge in [0.2, 0.25) is 0 Å². The van der Waals surface area contributed by atoms with Crippen molar-refractivity contribution in [2.45, 2.75) is 38.6 Å². The summed E-state index contributed by atoms with van der Waals surface area (Å²) in [5, 5.41) is 4.26. The second-order valence-electron chi connectivity index (χ2n) is 6.30. The molecule has 0 aliphatic heterocycles. The van der Waals surface area contributed by atoms with Gasteiger partial charge in [-0.3, -0.25) is 9.48 Å². The quantitative estimate of drug-likeness (QED) is 0.863. The number of aromatic nitrogens is 2. The Morgan fingerprint density at radius 1 is 1.38 bits per heavy atom. The molecule has 3 nitrogen and oxygen atoms in total. The van der Waals surface area contributed by atoms with Crippen LogP contribution in [0.5, 0.6) is 0 Å². The number of Topliss-reactive ketones (excluding diaryl/α,β-unsaturated/α-hetero) is 1. The van der Waals surface area contributed by atoms with Gasteiger partial charge in [-0.15, -0.1) is 0 Å². The lowest BCUT2D eigenvalue weighted by Gasteiger charge is -2.13. The summed E-state index contributed by atoms with van der Waals surface area (Å²) in [6, 6.07) is 8.65. The third-order valence-corrected chi connectivity index (χ3v) is 5.09. The SMILES string of the molecule is CCn1cc(CC(=O)C2C3CCc4ccccc4C32)cn1. The summed E-state index contributed by atoms with van der Waals surface area (Å²) in [5.74, 6) is 1.73. The highest BCUT2D eigenvalue weighted by Crippen LogP contribution is 2.60. The van der Waals surface area contributed by atoms with E-state index < -0.39 is 0 Å². The Bertz CT molecular complexity index is 688. The molecule has 2 aromatic rings. The maximum atomic E-state index is 12.6. The number of carbonyl (C=O) groups excluding carboxylic acids is 1. The van der Waals surface area contributed by atoms with Gasteiger partial charge in [0.15, 0.2) is 0 Å². The summed E-state index contributed by atoms with van der Waals surface area (Å²) in [4.78, 5) is 12.6. The van der Waals surface area contributed by atoms with Crippen LogP contribution in [0.25, 0.3) is 0 Å². The predicted octanol–water partition coefficient (Wildman–Crippen LogP) is 2.99. The first-order chi connectivity index (χ1) is 10.3. The van der Waals surface area contributed by atoms with Crippen molar-refractivity contribution >= 4 is 5.78 Å². The maximum Gasteiger partial charge on any atom is 0.141 e. The highest BCUT2D eigenvalue weighted by molar-refractivity contribution is 5.87. The molecule has 1 fully saturated rings. The topological polar surface area (TPSA) is 34.9 Å². The van der Waals surface area contributed by atoms with Gasteiger partial charge in [0, 0.05) is 25.1 Å². The predicted molar refractivity (Wildman–Crippen MR) is 81.1 cm³/mol. The number of hydrogen-bond donors (Lipinski definition) is 0. The van der Waals surface area contributed by atoms with E-state index in [1.807, 2.05) is 17.1 Å². The number of carbonyl (C=O) groups is 1. The van der Waals surface area contributed by atoms with Crippen LogP contribution in [-0.2, 0) is 24.2 Å². The van der Waals surface area contributed by atoms with Crippen LogP contribution >= 0.6 is 0 Å². The fraction of sp³-hybridized carbons (Fsp3) is 0.444. The molecule has 0 amide bonds. The lowest BCUT2D eigenvalue weighted by atomic mass is 9.92. The first-order valence-corrected chi connectivity index (χ1v) is 7.89. The van der Waals surface area contributed by atoms with Crippen molar-refractivity contribution in [2.24, 2.45) is 11.8 Å². The van der Waals surface area contributed by atoms with Crippen molar-refractivity contribution in [3.63, 3.8) is 0 Å². The number of hydrogen-bond acceptors (Lipinski definition) is 2. The van der Waals surface area contributed by atoms with E-state index in [2.05, 4.69) is 36.3 Å². The summed E-state index contributed by atoms with van der Waals surface area (Å²) >= 11 is 0. The molecule has 1 aromatic carbocycles. The molecule has 1 heterocycles. The van der Waals surface area contributed by atoms with Crippen molar-refractivity contribution < 1.29 is 4.79 Å². The highest BCUT2D eigenvalue weighted by atomic mass is 16.1. The summed E-state index contributed by atoms with van der Waals surface area (Å²) in [6.45, 7) is 2.92. The van der Waals surface area contributed by atoms with Gasteiger partial charge in [-0.05, 0) is 48.3 Å². The van der Waals surface area contributed by atoms with E-state index in [1.54, 1.807) is 0 Å². The highest BCUT2D eigenvalue weighted by Gasteiger charge is 2.56. The number of nitrogens with zero attached hydrogens (tertiary/aromatic N) is 2. The molecular formula is C18H20N2O. The normalized spacial score (nSPS) is 26.0. The zero-order valence-electron chi connectivity index (χ0n) is 12.3. The molecule has 3 unspecified atom stereocenters. The molecule has 1 aromatic heterocycles. The molecule has 0 saturated heterocycles. The molecule has 0 bridgehead atoms. The van der Waals surface area contributed by atoms with E-state index in [4.69, 9.17) is 0 Å². The van der Waals surface area contributed by atoms with Crippen molar-refractivity contribution in [3.8, 4) is 0 Å². The molecule has 0 radical (unpaired) electrons. The zero-order chi connectivity index (χ0) is 14.4. The Morgan fingerprint density at radius 3 is 3.05 bits per heavy atom. The Morgan fingerprint density at radius 2 is 2.24 bits per heavy atom. The Labute approximate surface area is 125 Å². The minimum Gasteiger partial charge on any atom is -0.299 e. The van der Waals surface area contributed by atoms with Gasteiger partial charge in [0.05, 0.1) is 6.20 Å². The van der Waals surface area contributed by atoms with Crippen molar-refractivity contribution in [1.82, 2.24) is 9.78 Å². The van der Waals surface area contributed by atoms with Crippen molar-refractivity contribution in [2.75, 3.05) is 0 Å². The number of fused-ring (bicyclic) bond motifs is 3. The zero-order valence-corrected chi connectivity index (χ0v) is 12.3. The van der Waals surface area contributed by atoms with Gasteiger partial charge in [-0.2, -0.15) is 5.10 Å². The van der Waals surface area contributed by atoms with Crippen LogP contribution in [-0.4, -0.2) is 15.6 Å². The van der Waals surface area contributed by atoms with Gasteiger partial charge in [0.25, 0.3) is 0 Å². The average Bonchev–Trinajstić information content (AvgIpc) is 3.10. The molecule has 4 rings (SSSR count). The van der Waals surface area contributed by atoms with Crippen molar-refractivity contribution in [3.05, 3.63) is 53.3 Å². The Kier molecular flexibility index (Phi) is 2.95. The molecular weight excluding hydrogens is 260 g/mol. The minimum absolute atomic E-state index is 0.249. The molecule has 108 valence electrons. The maximum absolute atomic E-state index is 12.6. The Hall–Kier alpha value is -1.90. The van der Waals surface area contributed by atoms with Gasteiger partial charge in [-0.25, -0.2) is 0 Å². The third kappa shape index (κ3) is 2.11. The summed E-state index contributed by atoms with van der Waals surface area (Å²) in [7, 11) is 0. The van der Waals surface area contributed by atoms with E-state index in [1.165, 1.54) is 17.5 Å². The van der Waals surface area contributed by atoms with E-state index >= 15 is 0 Å². The number of benzene rings is 1. The summed E-state index contributed by atoms with van der Waals surface area (Å²) in [5.41, 5.74) is 3.93. The van der Waals surface area contributed by atoms with Crippen LogP contribution in [0.3, 0.4) is 0 Å². The molecule has 3 atom stereocenters. The number of rotatable bonds is 4. The van der Waals surface area contributed by atoms with Gasteiger partial charge < -0.3 is 0 Å². The molecule has 0 N–H and O–H groups in total. The smallest absolute Gasteiger partial charge is 0.141 e. The fourth-order valence-corrected chi connectivity index (χ4v) is 3.99. The second-order valence-corrected chi connectivity index (χ2v) is 6.30. The minimum atomic E-state index is 0.249. The fourth-order valence-electron chi connectivity index (χ4n) is 3.99. The Balaban J connectivity index is 1.50. The van der Waals surface area contributed by atoms with Gasteiger partial charge >= 0.3 is 0 Å². The molecule has 2 aliphatic rings. The summed E-state index contributed by atoms with van der Waals surface area (Å²) in [6.07, 6.45) is 6.68. The van der Waals surface area contributed by atoms with Crippen LogP contribution in [0.2, 0.25) is 0 Å². The molecule has 1 saturated carbocycles. The number of aryl methyl sites for hydroxylation is 2. The molecule has 2 aliphatic carbocycles. The van der Waals surface area contributed by atoms with E-state index in [0.29, 0.717) is 24.0 Å². The average molecular weight is 280 g/mol. The number of ketones is 1. The lowest BCUT2D eigenvalue weighted by Crippen LogP contribution is -2.06. The van der Waals surface area contributed by atoms with E-state index in [9.17, 15) is 4.79 Å². The lowest BCUT2D eigenvalue weighted by molar-refractivity contribution is -0.120. The molecule has 0 spiro atoms. The third-order valence-electron chi connectivity index (χ3n) is 5.09. The molecule has 21 heavy (non-hydrogen) atoms.